The van der Waals surface area contributed by atoms with Gasteiger partial charge in [0.1, 0.15) is 0 Å². The van der Waals surface area contributed by atoms with Gasteiger partial charge in [-0.2, -0.15) is 0 Å². The number of nitrogens with one attached hydrogen (secondary N) is 2. The summed E-state index contributed by atoms with van der Waals surface area (Å²) in [7, 11) is 1.70. The molecule has 0 heterocycles. The molecule has 3 N–H and O–H groups in total. The fourth-order valence-electron chi connectivity index (χ4n) is 2.63. The summed E-state index contributed by atoms with van der Waals surface area (Å²) in [5, 5.41) is 14.2. The third-order valence-corrected chi connectivity index (χ3v) is 4.08. The molecule has 7 heteroatoms. The van der Waals surface area contributed by atoms with Gasteiger partial charge in [0.15, 0.2) is 0 Å². The molecule has 0 atom stereocenters. The number of rotatable bonds is 9. The maximum Gasteiger partial charge on any atom is 0.317 e. The fraction of sp³-hybridized carbons (Fsp3) is 0.286. The van der Waals surface area contributed by atoms with Gasteiger partial charge in [-0.25, -0.2) is 4.79 Å². The van der Waals surface area contributed by atoms with Gasteiger partial charge in [0, 0.05) is 38.7 Å². The van der Waals surface area contributed by atoms with E-state index in [0.29, 0.717) is 18.7 Å². The Bertz CT molecular complexity index is 808. The highest BCUT2D eigenvalue weighted by Crippen LogP contribution is 2.12. The number of nitrogens with zero attached hydrogens (tertiary/aromatic N) is 1. The molecule has 7 nitrogen and oxygen atoms in total. The summed E-state index contributed by atoms with van der Waals surface area (Å²) in [4.78, 5) is 36.4. The number of carbonyl (C=O) groups is 3. The Kier molecular flexibility index (Phi) is 8.02. The molecule has 0 spiro atoms. The standard InChI is InChI=1S/C21H25N3O4/c1-24(15-17-6-3-2-4-7-17)21(28)22-13-12-19(25)23-18-9-5-8-16(14-18)10-11-20(26)27/h2-9,14H,10-13,15H2,1H3,(H,22,28)(H,23,25)(H,26,27). The Balaban J connectivity index is 1.72. The summed E-state index contributed by atoms with van der Waals surface area (Å²) in [6, 6.07) is 16.5. The van der Waals surface area contributed by atoms with E-state index in [-0.39, 0.29) is 31.3 Å². The lowest BCUT2D eigenvalue weighted by atomic mass is 10.1. The predicted molar refractivity (Wildman–Crippen MR) is 107 cm³/mol. The molecule has 0 aliphatic carbocycles. The topological polar surface area (TPSA) is 98.7 Å². The molecule has 0 bridgehead atoms. The number of benzene rings is 2. The van der Waals surface area contributed by atoms with Crippen LogP contribution in [0.5, 0.6) is 0 Å². The number of aliphatic carboxylic acids is 1. The zero-order chi connectivity index (χ0) is 20.4. The van der Waals surface area contributed by atoms with Crippen LogP contribution in [0.2, 0.25) is 0 Å². The van der Waals surface area contributed by atoms with Crippen LogP contribution in [-0.4, -0.2) is 41.5 Å². The third kappa shape index (κ3) is 7.49. The molecule has 2 rings (SSSR count). The van der Waals surface area contributed by atoms with Gasteiger partial charge in [0.25, 0.3) is 0 Å². The van der Waals surface area contributed by atoms with Crippen molar-refractivity contribution in [1.29, 1.82) is 0 Å². The number of aryl methyl sites for hydroxylation is 1. The second kappa shape index (κ2) is 10.7. The average molecular weight is 383 g/mol. The van der Waals surface area contributed by atoms with Crippen LogP contribution in [0.25, 0.3) is 0 Å². The van der Waals surface area contributed by atoms with Crippen molar-refractivity contribution in [3.8, 4) is 0 Å². The number of urea groups is 1. The van der Waals surface area contributed by atoms with Crippen LogP contribution in [0.15, 0.2) is 54.6 Å². The number of carboxylic acid groups (broad SMARTS) is 1. The lowest BCUT2D eigenvalue weighted by molar-refractivity contribution is -0.137. The Morgan fingerprint density at radius 1 is 0.964 bits per heavy atom. The van der Waals surface area contributed by atoms with Gasteiger partial charge in [-0.15, -0.1) is 0 Å². The van der Waals surface area contributed by atoms with Gasteiger partial charge >= 0.3 is 12.0 Å². The van der Waals surface area contributed by atoms with Crippen molar-refractivity contribution in [1.82, 2.24) is 10.2 Å². The molecule has 0 saturated carbocycles. The van der Waals surface area contributed by atoms with Gasteiger partial charge in [-0.3, -0.25) is 9.59 Å². The van der Waals surface area contributed by atoms with Crippen molar-refractivity contribution >= 4 is 23.6 Å². The molecule has 28 heavy (non-hydrogen) atoms. The first-order chi connectivity index (χ1) is 13.4. The van der Waals surface area contributed by atoms with Crippen molar-refractivity contribution < 1.29 is 19.5 Å². The van der Waals surface area contributed by atoms with Crippen LogP contribution in [0.4, 0.5) is 10.5 Å². The van der Waals surface area contributed by atoms with Gasteiger partial charge < -0.3 is 20.6 Å². The molecular formula is C21H25N3O4. The molecule has 0 aliphatic heterocycles. The Hall–Kier alpha value is -3.35. The normalized spacial score (nSPS) is 10.2. The van der Waals surface area contributed by atoms with E-state index in [1.165, 1.54) is 0 Å². The number of carbonyl (C=O) groups excluding carboxylic acids is 2. The lowest BCUT2D eigenvalue weighted by Gasteiger charge is -2.18. The zero-order valence-electron chi connectivity index (χ0n) is 15.9. The van der Waals surface area contributed by atoms with Crippen molar-refractivity contribution in [2.75, 3.05) is 18.9 Å². The monoisotopic (exact) mass is 383 g/mol. The third-order valence-electron chi connectivity index (χ3n) is 4.08. The molecule has 2 aromatic rings. The summed E-state index contributed by atoms with van der Waals surface area (Å²) in [5.41, 5.74) is 2.48. The molecule has 0 radical (unpaired) electrons. The van der Waals surface area contributed by atoms with Crippen LogP contribution in [0, 0.1) is 0 Å². The predicted octanol–water partition coefficient (Wildman–Crippen LogP) is 2.87. The van der Waals surface area contributed by atoms with E-state index < -0.39 is 5.97 Å². The van der Waals surface area contributed by atoms with Crippen molar-refractivity contribution in [3.63, 3.8) is 0 Å². The van der Waals surface area contributed by atoms with Crippen molar-refractivity contribution in [2.24, 2.45) is 0 Å². The van der Waals surface area contributed by atoms with Gasteiger partial charge in [-0.1, -0.05) is 42.5 Å². The molecule has 2 aromatic carbocycles. The van der Waals surface area contributed by atoms with E-state index in [9.17, 15) is 14.4 Å². The average Bonchev–Trinajstić information content (AvgIpc) is 2.67. The highest BCUT2D eigenvalue weighted by atomic mass is 16.4. The molecule has 0 unspecified atom stereocenters. The number of hydrogen-bond acceptors (Lipinski definition) is 3. The highest BCUT2D eigenvalue weighted by molar-refractivity contribution is 5.91. The Labute approximate surface area is 164 Å². The first-order valence-corrected chi connectivity index (χ1v) is 9.07. The molecule has 0 aliphatic rings. The number of anilines is 1. The summed E-state index contributed by atoms with van der Waals surface area (Å²) in [5.74, 6) is -1.08. The Morgan fingerprint density at radius 2 is 1.68 bits per heavy atom. The molecular weight excluding hydrogens is 358 g/mol. The number of hydrogen-bond donors (Lipinski definition) is 3. The SMILES string of the molecule is CN(Cc1ccccc1)C(=O)NCCC(=O)Nc1cccc(CCC(=O)O)c1. The zero-order valence-corrected chi connectivity index (χ0v) is 15.9. The van der Waals surface area contributed by atoms with Gasteiger partial charge in [-0.05, 0) is 29.7 Å². The summed E-state index contributed by atoms with van der Waals surface area (Å²) in [6.07, 6.45) is 0.590. The molecule has 0 saturated heterocycles. The van der Waals surface area contributed by atoms with Gasteiger partial charge in [0.2, 0.25) is 5.91 Å². The maximum atomic E-state index is 12.1. The quantitative estimate of drug-likeness (QED) is 0.620. The summed E-state index contributed by atoms with van der Waals surface area (Å²) in [6.45, 7) is 0.713. The maximum absolute atomic E-state index is 12.1. The van der Waals surface area contributed by atoms with E-state index in [4.69, 9.17) is 5.11 Å². The first kappa shape index (κ1) is 21.0. The number of amides is 3. The minimum Gasteiger partial charge on any atom is -0.481 e. The molecule has 3 amide bonds. The second-order valence-corrected chi connectivity index (χ2v) is 6.47. The molecule has 148 valence electrons. The van der Waals surface area contributed by atoms with Crippen LogP contribution >= 0.6 is 0 Å². The number of carboxylic acids is 1. The van der Waals surface area contributed by atoms with Crippen LogP contribution in [-0.2, 0) is 22.6 Å². The first-order valence-electron chi connectivity index (χ1n) is 9.07. The molecule has 0 fully saturated rings. The Morgan fingerprint density at radius 3 is 2.39 bits per heavy atom. The largest absolute Gasteiger partial charge is 0.481 e. The molecule has 0 aromatic heterocycles. The minimum absolute atomic E-state index is 0.0416. The second-order valence-electron chi connectivity index (χ2n) is 6.47. The van der Waals surface area contributed by atoms with E-state index in [2.05, 4.69) is 10.6 Å². The van der Waals surface area contributed by atoms with Crippen molar-refractivity contribution in [2.45, 2.75) is 25.8 Å². The minimum atomic E-state index is -0.859. The smallest absolute Gasteiger partial charge is 0.317 e. The summed E-state index contributed by atoms with van der Waals surface area (Å²) < 4.78 is 0. The van der Waals surface area contributed by atoms with E-state index in [1.54, 1.807) is 30.1 Å². The van der Waals surface area contributed by atoms with Crippen molar-refractivity contribution in [3.05, 3.63) is 65.7 Å². The highest BCUT2D eigenvalue weighted by Gasteiger charge is 2.10. The van der Waals surface area contributed by atoms with Crippen LogP contribution in [0.3, 0.4) is 0 Å². The van der Waals surface area contributed by atoms with E-state index in [0.717, 1.165) is 11.1 Å². The summed E-state index contributed by atoms with van der Waals surface area (Å²) >= 11 is 0. The lowest BCUT2D eigenvalue weighted by Crippen LogP contribution is -2.38. The van der Waals surface area contributed by atoms with E-state index in [1.807, 2.05) is 36.4 Å². The van der Waals surface area contributed by atoms with Crippen LogP contribution in [0.1, 0.15) is 24.0 Å². The van der Waals surface area contributed by atoms with Gasteiger partial charge in [0.05, 0.1) is 0 Å². The van der Waals surface area contributed by atoms with E-state index >= 15 is 0 Å². The van der Waals surface area contributed by atoms with Crippen LogP contribution < -0.4 is 10.6 Å². The fourth-order valence-corrected chi connectivity index (χ4v) is 2.63.